The number of pyridine rings is 1. The lowest BCUT2D eigenvalue weighted by molar-refractivity contribution is -0.387. The standard InChI is InChI=1S/C12H6ClN3O2S/c13-11-5-8(7-14)6-12(15-11)19-10-4-2-1-3-9(10)16(17)18/h1-6H. The molecule has 94 valence electrons. The predicted molar refractivity (Wildman–Crippen MR) is 71.2 cm³/mol. The molecule has 0 atom stereocenters. The Hall–Kier alpha value is -2.10. The first kappa shape index (κ1) is 13.3. The van der Waals surface area contributed by atoms with Crippen LogP contribution >= 0.6 is 23.4 Å². The van der Waals surface area contributed by atoms with E-state index >= 15 is 0 Å². The Kier molecular flexibility index (Phi) is 4.00. The highest BCUT2D eigenvalue weighted by Crippen LogP contribution is 2.34. The lowest BCUT2D eigenvalue weighted by Crippen LogP contribution is -1.91. The number of nitriles is 1. The Balaban J connectivity index is 2.39. The summed E-state index contributed by atoms with van der Waals surface area (Å²) in [5.74, 6) is 0. The average molecular weight is 292 g/mol. The molecular formula is C12H6ClN3O2S. The Bertz CT molecular complexity index is 685. The Morgan fingerprint density at radius 1 is 1.37 bits per heavy atom. The molecule has 0 amide bonds. The lowest BCUT2D eigenvalue weighted by Gasteiger charge is -2.03. The van der Waals surface area contributed by atoms with Gasteiger partial charge in [-0.05, 0) is 18.2 Å². The second-order valence-corrected chi connectivity index (χ2v) is 4.90. The van der Waals surface area contributed by atoms with E-state index in [1.165, 1.54) is 18.2 Å². The number of rotatable bonds is 3. The first-order valence-corrected chi connectivity index (χ1v) is 6.28. The van der Waals surface area contributed by atoms with Crippen molar-refractivity contribution in [3.8, 4) is 6.07 Å². The lowest BCUT2D eigenvalue weighted by atomic mass is 10.3. The molecule has 0 unspecified atom stereocenters. The third kappa shape index (κ3) is 3.22. The molecule has 1 aromatic carbocycles. The van der Waals surface area contributed by atoms with Gasteiger partial charge in [0.05, 0.1) is 21.5 Å². The molecule has 0 spiro atoms. The SMILES string of the molecule is N#Cc1cc(Cl)nc(Sc2ccccc2[N+](=O)[O-])c1. The van der Waals surface area contributed by atoms with E-state index in [1.54, 1.807) is 18.2 Å². The van der Waals surface area contributed by atoms with Crippen LogP contribution < -0.4 is 0 Å². The number of nitrogens with zero attached hydrogens (tertiary/aromatic N) is 3. The monoisotopic (exact) mass is 291 g/mol. The molecule has 1 heterocycles. The van der Waals surface area contributed by atoms with Gasteiger partial charge in [0.1, 0.15) is 10.2 Å². The van der Waals surface area contributed by atoms with Crippen LogP contribution in [-0.4, -0.2) is 9.91 Å². The smallest absolute Gasteiger partial charge is 0.258 e. The van der Waals surface area contributed by atoms with Gasteiger partial charge in [-0.15, -0.1) is 0 Å². The highest BCUT2D eigenvalue weighted by atomic mass is 35.5. The van der Waals surface area contributed by atoms with Crippen molar-refractivity contribution in [1.82, 2.24) is 4.98 Å². The number of aromatic nitrogens is 1. The number of nitro groups is 1. The van der Waals surface area contributed by atoms with Gasteiger partial charge < -0.3 is 0 Å². The van der Waals surface area contributed by atoms with Crippen molar-refractivity contribution in [1.29, 1.82) is 5.26 Å². The zero-order valence-corrected chi connectivity index (χ0v) is 11.0. The quantitative estimate of drug-likeness (QED) is 0.490. The molecule has 19 heavy (non-hydrogen) atoms. The third-order valence-corrected chi connectivity index (χ3v) is 3.35. The summed E-state index contributed by atoms with van der Waals surface area (Å²) in [6, 6.07) is 11.3. The molecule has 7 heteroatoms. The molecule has 0 saturated carbocycles. The molecule has 0 aliphatic carbocycles. The van der Waals surface area contributed by atoms with E-state index in [-0.39, 0.29) is 10.8 Å². The molecule has 0 saturated heterocycles. The third-order valence-electron chi connectivity index (χ3n) is 2.18. The number of hydrogen-bond donors (Lipinski definition) is 0. The summed E-state index contributed by atoms with van der Waals surface area (Å²) in [5, 5.41) is 20.4. The fourth-order valence-electron chi connectivity index (χ4n) is 1.40. The molecule has 0 aliphatic heterocycles. The minimum absolute atomic E-state index is 0.00668. The molecule has 0 aliphatic rings. The summed E-state index contributed by atoms with van der Waals surface area (Å²) in [7, 11) is 0. The van der Waals surface area contributed by atoms with Crippen LogP contribution in [0.1, 0.15) is 5.56 Å². The molecular weight excluding hydrogens is 286 g/mol. The molecule has 5 nitrogen and oxygen atoms in total. The van der Waals surface area contributed by atoms with E-state index in [9.17, 15) is 10.1 Å². The van der Waals surface area contributed by atoms with E-state index in [2.05, 4.69) is 4.98 Å². The molecule has 0 radical (unpaired) electrons. The van der Waals surface area contributed by atoms with E-state index in [0.717, 1.165) is 11.8 Å². The zero-order chi connectivity index (χ0) is 13.8. The summed E-state index contributed by atoms with van der Waals surface area (Å²) in [6.45, 7) is 0. The van der Waals surface area contributed by atoms with Crippen LogP contribution in [0.4, 0.5) is 5.69 Å². The molecule has 0 N–H and O–H groups in total. The van der Waals surface area contributed by atoms with Crippen LogP contribution in [0.3, 0.4) is 0 Å². The van der Waals surface area contributed by atoms with Gasteiger partial charge in [-0.25, -0.2) is 4.98 Å². The van der Waals surface area contributed by atoms with Crippen LogP contribution in [0, 0.1) is 21.4 Å². The summed E-state index contributed by atoms with van der Waals surface area (Å²) in [4.78, 5) is 14.9. The maximum Gasteiger partial charge on any atom is 0.283 e. The number of hydrogen-bond acceptors (Lipinski definition) is 5. The molecule has 1 aromatic heterocycles. The zero-order valence-electron chi connectivity index (χ0n) is 9.41. The average Bonchev–Trinajstić information content (AvgIpc) is 2.38. The van der Waals surface area contributed by atoms with Gasteiger partial charge in [-0.3, -0.25) is 10.1 Å². The first-order valence-electron chi connectivity index (χ1n) is 5.09. The van der Waals surface area contributed by atoms with Gasteiger partial charge in [0, 0.05) is 6.07 Å². The Morgan fingerprint density at radius 3 is 2.79 bits per heavy atom. The van der Waals surface area contributed by atoms with Crippen molar-refractivity contribution >= 4 is 29.1 Å². The topological polar surface area (TPSA) is 79.8 Å². The molecule has 2 aromatic rings. The maximum absolute atomic E-state index is 10.9. The summed E-state index contributed by atoms with van der Waals surface area (Å²) < 4.78 is 0. The van der Waals surface area contributed by atoms with Crippen molar-refractivity contribution in [2.24, 2.45) is 0 Å². The Morgan fingerprint density at radius 2 is 2.11 bits per heavy atom. The van der Waals surface area contributed by atoms with E-state index in [0.29, 0.717) is 15.5 Å². The fourth-order valence-corrected chi connectivity index (χ4v) is 2.60. The number of para-hydroxylation sites is 1. The Labute approximate surface area is 118 Å². The van der Waals surface area contributed by atoms with Gasteiger partial charge in [-0.2, -0.15) is 5.26 Å². The normalized spacial score (nSPS) is 9.89. The van der Waals surface area contributed by atoms with Crippen LogP contribution in [0.15, 0.2) is 46.3 Å². The van der Waals surface area contributed by atoms with Gasteiger partial charge in [0.15, 0.2) is 0 Å². The minimum atomic E-state index is -0.460. The second kappa shape index (κ2) is 5.69. The molecule has 0 bridgehead atoms. The fraction of sp³-hybridized carbons (Fsp3) is 0. The van der Waals surface area contributed by atoms with Crippen molar-refractivity contribution in [2.45, 2.75) is 9.92 Å². The van der Waals surface area contributed by atoms with Crippen LogP contribution in [0.25, 0.3) is 0 Å². The van der Waals surface area contributed by atoms with Crippen molar-refractivity contribution in [3.05, 3.63) is 57.2 Å². The predicted octanol–water partition coefficient (Wildman–Crippen LogP) is 3.67. The first-order chi connectivity index (χ1) is 9.10. The maximum atomic E-state index is 10.9. The van der Waals surface area contributed by atoms with Crippen LogP contribution in [0.2, 0.25) is 5.15 Å². The number of nitro benzene ring substituents is 1. The molecule has 0 fully saturated rings. The van der Waals surface area contributed by atoms with Crippen LogP contribution in [-0.2, 0) is 0 Å². The summed E-state index contributed by atoms with van der Waals surface area (Å²) >= 11 is 6.89. The highest BCUT2D eigenvalue weighted by Gasteiger charge is 2.14. The number of halogens is 1. The van der Waals surface area contributed by atoms with Crippen molar-refractivity contribution in [3.63, 3.8) is 0 Å². The highest BCUT2D eigenvalue weighted by molar-refractivity contribution is 7.99. The largest absolute Gasteiger partial charge is 0.283 e. The van der Waals surface area contributed by atoms with Gasteiger partial charge >= 0.3 is 0 Å². The summed E-state index contributed by atoms with van der Waals surface area (Å²) in [6.07, 6.45) is 0. The van der Waals surface area contributed by atoms with Gasteiger partial charge in [0.25, 0.3) is 5.69 Å². The van der Waals surface area contributed by atoms with Crippen molar-refractivity contribution < 1.29 is 4.92 Å². The minimum Gasteiger partial charge on any atom is -0.258 e. The molecule has 2 rings (SSSR count). The second-order valence-electron chi connectivity index (χ2n) is 3.46. The van der Waals surface area contributed by atoms with E-state index < -0.39 is 4.92 Å². The van der Waals surface area contributed by atoms with E-state index in [4.69, 9.17) is 16.9 Å². The van der Waals surface area contributed by atoms with Gasteiger partial charge in [0.2, 0.25) is 0 Å². The van der Waals surface area contributed by atoms with Gasteiger partial charge in [-0.1, -0.05) is 35.5 Å². The van der Waals surface area contributed by atoms with Crippen LogP contribution in [0.5, 0.6) is 0 Å². The van der Waals surface area contributed by atoms with Crippen molar-refractivity contribution in [2.75, 3.05) is 0 Å². The van der Waals surface area contributed by atoms with E-state index in [1.807, 2.05) is 6.07 Å². The number of benzene rings is 1. The summed E-state index contributed by atoms with van der Waals surface area (Å²) in [5.41, 5.74) is 0.355.